The highest BCUT2D eigenvalue weighted by molar-refractivity contribution is 6.61. The van der Waals surface area contributed by atoms with Crippen molar-refractivity contribution in [3.63, 3.8) is 0 Å². The van der Waals surface area contributed by atoms with E-state index >= 15 is 0 Å². The van der Waals surface area contributed by atoms with Crippen LogP contribution in [0.5, 0.6) is 17.2 Å². The Morgan fingerprint density at radius 3 is 2.75 bits per heavy atom. The molecule has 6 nitrogen and oxygen atoms in total. The van der Waals surface area contributed by atoms with Crippen molar-refractivity contribution < 1.29 is 29.1 Å². The van der Waals surface area contributed by atoms with Gasteiger partial charge in [-0.2, -0.15) is 0 Å². The number of Topliss-reactive ketones (excluding diaryl/α,β-unsaturated/α-hetero) is 1. The first-order valence-corrected chi connectivity index (χ1v) is 7.63. The lowest BCUT2D eigenvalue weighted by molar-refractivity contribution is 0.0900. The van der Waals surface area contributed by atoms with Crippen LogP contribution in [0.25, 0.3) is 0 Å². The first-order valence-electron chi connectivity index (χ1n) is 7.63. The quantitative estimate of drug-likeness (QED) is 0.614. The highest BCUT2D eigenvalue weighted by Crippen LogP contribution is 2.29. The molecule has 0 radical (unpaired) electrons. The Morgan fingerprint density at radius 1 is 1.25 bits per heavy atom. The zero-order chi connectivity index (χ0) is 17.1. The van der Waals surface area contributed by atoms with Crippen LogP contribution in [0.15, 0.2) is 36.4 Å². The molecule has 0 atom stereocenters. The normalized spacial score (nSPS) is 12.9. The van der Waals surface area contributed by atoms with Crippen molar-refractivity contribution in [3.8, 4) is 17.2 Å². The van der Waals surface area contributed by atoms with E-state index in [4.69, 9.17) is 19.2 Å². The number of carbonyl (C=O) groups is 1. The zero-order valence-electron chi connectivity index (χ0n) is 13.2. The number of aliphatic hydroxyl groups is 1. The molecule has 2 N–H and O–H groups in total. The molecule has 0 aromatic heterocycles. The second kappa shape index (κ2) is 7.04. The lowest BCUT2D eigenvalue weighted by Crippen LogP contribution is -2.27. The second-order valence-corrected chi connectivity index (χ2v) is 5.30. The molecule has 1 heterocycles. The molecule has 1 aliphatic rings. The smallest absolute Gasteiger partial charge is 0.491 e. The Balaban J connectivity index is 1.85. The van der Waals surface area contributed by atoms with Gasteiger partial charge in [-0.1, -0.05) is 6.07 Å². The fourth-order valence-corrected chi connectivity index (χ4v) is 2.56. The molecular weight excluding hydrogens is 311 g/mol. The van der Waals surface area contributed by atoms with Crippen molar-refractivity contribution in [1.29, 1.82) is 0 Å². The number of ether oxygens (including phenoxy) is 2. The summed E-state index contributed by atoms with van der Waals surface area (Å²) < 4.78 is 16.4. The van der Waals surface area contributed by atoms with Gasteiger partial charge in [-0.15, -0.1) is 0 Å². The summed E-state index contributed by atoms with van der Waals surface area (Å²) in [5, 5.41) is 18.7. The monoisotopic (exact) mass is 328 g/mol. The fraction of sp³-hybridized carbons (Fsp3) is 0.235. The molecule has 3 rings (SSSR count). The van der Waals surface area contributed by atoms with Crippen LogP contribution in [0.4, 0.5) is 0 Å². The lowest BCUT2D eigenvalue weighted by atomic mass is 9.80. The minimum Gasteiger partial charge on any atom is -0.493 e. The van der Waals surface area contributed by atoms with E-state index in [1.54, 1.807) is 36.4 Å². The zero-order valence-corrected chi connectivity index (χ0v) is 13.2. The van der Waals surface area contributed by atoms with Crippen LogP contribution in [-0.2, 0) is 11.3 Å². The van der Waals surface area contributed by atoms with Crippen molar-refractivity contribution in [2.45, 2.75) is 13.5 Å². The van der Waals surface area contributed by atoms with Gasteiger partial charge in [-0.3, -0.25) is 4.79 Å². The average Bonchev–Trinajstić information content (AvgIpc) is 2.95. The minimum atomic E-state index is -0.887. The summed E-state index contributed by atoms with van der Waals surface area (Å²) in [6.45, 7) is 1.96. The molecule has 2 aromatic rings. The molecule has 0 unspecified atom stereocenters. The maximum Gasteiger partial charge on any atom is 0.491 e. The van der Waals surface area contributed by atoms with Crippen LogP contribution < -0.4 is 14.9 Å². The largest absolute Gasteiger partial charge is 0.493 e. The van der Waals surface area contributed by atoms with E-state index < -0.39 is 19.5 Å². The van der Waals surface area contributed by atoms with Crippen molar-refractivity contribution in [3.05, 3.63) is 47.5 Å². The van der Waals surface area contributed by atoms with Crippen LogP contribution in [0, 0.1) is 0 Å². The van der Waals surface area contributed by atoms with Crippen molar-refractivity contribution >= 4 is 18.4 Å². The predicted octanol–water partition coefficient (Wildman–Crippen LogP) is 1.27. The lowest BCUT2D eigenvalue weighted by Gasteiger charge is -2.12. The number of fused-ring (bicyclic) bond motifs is 1. The van der Waals surface area contributed by atoms with Crippen LogP contribution in [0.1, 0.15) is 22.8 Å². The maximum absolute atomic E-state index is 11.7. The number of hydrogen-bond acceptors (Lipinski definition) is 6. The standard InChI is InChI=1S/C17H17BO6/c1-2-22-17-8-13(3-5-14(17)16(20)9-19)24-12-4-6-15-11(7-12)10-23-18(15)21/h3-8,19,21H,2,9-10H2,1H3. The van der Waals surface area contributed by atoms with Crippen LogP contribution >= 0.6 is 0 Å². The van der Waals surface area contributed by atoms with Gasteiger partial charge in [-0.25, -0.2) is 0 Å². The summed E-state index contributed by atoms with van der Waals surface area (Å²) in [6, 6.07) is 10.1. The van der Waals surface area contributed by atoms with Crippen LogP contribution in [-0.4, -0.2) is 36.2 Å². The van der Waals surface area contributed by atoms with E-state index in [0.29, 0.717) is 36.0 Å². The predicted molar refractivity (Wildman–Crippen MR) is 87.9 cm³/mol. The van der Waals surface area contributed by atoms with E-state index in [9.17, 15) is 9.82 Å². The Labute approximate surface area is 139 Å². The molecule has 0 spiro atoms. The molecule has 24 heavy (non-hydrogen) atoms. The number of aliphatic hydroxyl groups excluding tert-OH is 1. The molecule has 1 aliphatic heterocycles. The van der Waals surface area contributed by atoms with Crippen molar-refractivity contribution in [1.82, 2.24) is 0 Å². The summed E-state index contributed by atoms with van der Waals surface area (Å²) in [4.78, 5) is 11.7. The molecule has 0 bridgehead atoms. The average molecular weight is 328 g/mol. The first-order chi connectivity index (χ1) is 11.6. The van der Waals surface area contributed by atoms with Crippen LogP contribution in [0.3, 0.4) is 0 Å². The number of benzene rings is 2. The molecular formula is C17H17BO6. The molecule has 2 aromatic carbocycles. The van der Waals surface area contributed by atoms with Gasteiger partial charge >= 0.3 is 7.12 Å². The van der Waals surface area contributed by atoms with Gasteiger partial charge in [0, 0.05) is 6.07 Å². The Kier molecular flexibility index (Phi) is 4.85. The second-order valence-electron chi connectivity index (χ2n) is 5.30. The molecule has 7 heteroatoms. The van der Waals surface area contributed by atoms with Gasteiger partial charge in [0.1, 0.15) is 23.9 Å². The maximum atomic E-state index is 11.7. The molecule has 0 saturated heterocycles. The molecule has 0 aliphatic carbocycles. The van der Waals surface area contributed by atoms with Gasteiger partial charge in [-0.05, 0) is 42.2 Å². The van der Waals surface area contributed by atoms with E-state index in [1.807, 2.05) is 6.92 Å². The van der Waals surface area contributed by atoms with Gasteiger partial charge in [0.25, 0.3) is 0 Å². The summed E-state index contributed by atoms with van der Waals surface area (Å²) in [5.41, 5.74) is 1.93. The van der Waals surface area contributed by atoms with Gasteiger partial charge in [0.15, 0.2) is 5.78 Å². The minimum absolute atomic E-state index is 0.317. The first kappa shape index (κ1) is 16.5. The molecule has 0 saturated carbocycles. The highest BCUT2D eigenvalue weighted by Gasteiger charge is 2.27. The fourth-order valence-electron chi connectivity index (χ4n) is 2.56. The Bertz CT molecular complexity index is 761. The van der Waals surface area contributed by atoms with Gasteiger partial charge in [0.2, 0.25) is 0 Å². The SMILES string of the molecule is CCOc1cc(Oc2ccc3c(c2)COB3O)ccc1C(=O)CO. The number of ketones is 1. The number of rotatable bonds is 6. The van der Waals surface area contributed by atoms with Crippen LogP contribution in [0.2, 0.25) is 0 Å². The summed E-state index contributed by atoms with van der Waals surface area (Å²) >= 11 is 0. The number of hydrogen-bond donors (Lipinski definition) is 2. The third-order valence-corrected chi connectivity index (χ3v) is 3.71. The Morgan fingerprint density at radius 2 is 2.00 bits per heavy atom. The van der Waals surface area contributed by atoms with Crippen molar-refractivity contribution in [2.24, 2.45) is 0 Å². The summed E-state index contributed by atoms with van der Waals surface area (Å²) in [7, 11) is -0.887. The summed E-state index contributed by atoms with van der Waals surface area (Å²) in [5.74, 6) is 1.06. The van der Waals surface area contributed by atoms with Crippen molar-refractivity contribution in [2.75, 3.05) is 13.2 Å². The Hall–Kier alpha value is -2.35. The third-order valence-electron chi connectivity index (χ3n) is 3.71. The van der Waals surface area contributed by atoms with E-state index in [-0.39, 0.29) is 0 Å². The van der Waals surface area contributed by atoms with Gasteiger partial charge < -0.3 is 24.3 Å². The molecule has 124 valence electrons. The molecule has 0 amide bonds. The van der Waals surface area contributed by atoms with E-state index in [0.717, 1.165) is 11.0 Å². The molecule has 0 fully saturated rings. The van der Waals surface area contributed by atoms with Gasteiger partial charge in [0.05, 0.1) is 18.8 Å². The topological polar surface area (TPSA) is 85.2 Å². The summed E-state index contributed by atoms with van der Waals surface area (Å²) in [6.07, 6.45) is 0. The highest BCUT2D eigenvalue weighted by atomic mass is 16.5. The number of carbonyl (C=O) groups excluding carboxylic acids is 1. The van der Waals surface area contributed by atoms with E-state index in [2.05, 4.69) is 0 Å². The third kappa shape index (κ3) is 3.28. The van der Waals surface area contributed by atoms with E-state index in [1.165, 1.54) is 0 Å².